The van der Waals surface area contributed by atoms with E-state index >= 15 is 0 Å². The first-order valence-electron chi connectivity index (χ1n) is 10.4. The topological polar surface area (TPSA) is 61.2 Å². The average molecular weight is 365 g/mol. The van der Waals surface area contributed by atoms with Crippen LogP contribution in [-0.2, 0) is 9.53 Å². The first-order valence-corrected chi connectivity index (χ1v) is 10.4. The Hall–Kier alpha value is -1.65. The van der Waals surface area contributed by atoms with Crippen LogP contribution >= 0.6 is 0 Å². The van der Waals surface area contributed by atoms with Crippen molar-refractivity contribution in [2.24, 2.45) is 0 Å². The van der Waals surface area contributed by atoms with E-state index in [0.29, 0.717) is 6.61 Å². The number of nitrogens with zero attached hydrogens (tertiary/aromatic N) is 2. The molecule has 0 saturated heterocycles. The van der Waals surface area contributed by atoms with E-state index < -0.39 is 0 Å². The summed E-state index contributed by atoms with van der Waals surface area (Å²) in [5.41, 5.74) is 0. The van der Waals surface area contributed by atoms with Crippen LogP contribution in [0.3, 0.4) is 0 Å². The van der Waals surface area contributed by atoms with Gasteiger partial charge in [0.1, 0.15) is 6.33 Å². The average Bonchev–Trinajstić information content (AvgIpc) is 3.18. The van der Waals surface area contributed by atoms with Crippen LogP contribution in [0.25, 0.3) is 0 Å². The fourth-order valence-electron chi connectivity index (χ4n) is 2.95. The van der Waals surface area contributed by atoms with E-state index in [2.05, 4.69) is 11.9 Å². The molecule has 0 N–H and O–H groups in total. The number of ether oxygens (including phenoxy) is 1. The van der Waals surface area contributed by atoms with E-state index in [0.717, 1.165) is 12.8 Å². The van der Waals surface area contributed by atoms with Crippen LogP contribution in [-0.4, -0.2) is 28.0 Å². The van der Waals surface area contributed by atoms with Gasteiger partial charge in [0.2, 0.25) is 5.91 Å². The summed E-state index contributed by atoms with van der Waals surface area (Å²) in [7, 11) is 0. The van der Waals surface area contributed by atoms with E-state index in [9.17, 15) is 9.59 Å². The van der Waals surface area contributed by atoms with Gasteiger partial charge >= 0.3 is 5.97 Å². The second-order valence-corrected chi connectivity index (χ2v) is 6.97. The normalized spacial score (nSPS) is 10.8. The van der Waals surface area contributed by atoms with Gasteiger partial charge in [-0.1, -0.05) is 77.6 Å². The van der Waals surface area contributed by atoms with Crippen LogP contribution in [0.15, 0.2) is 18.7 Å². The molecule has 26 heavy (non-hydrogen) atoms. The lowest BCUT2D eigenvalue weighted by Crippen LogP contribution is -2.12. The molecule has 0 aromatic carbocycles. The predicted molar refractivity (Wildman–Crippen MR) is 104 cm³/mol. The summed E-state index contributed by atoms with van der Waals surface area (Å²) in [6.45, 7) is 2.72. The van der Waals surface area contributed by atoms with Gasteiger partial charge in [0, 0.05) is 18.8 Å². The molecule has 0 fully saturated rings. The molecule has 1 heterocycles. The zero-order valence-electron chi connectivity index (χ0n) is 16.5. The van der Waals surface area contributed by atoms with Crippen LogP contribution in [0, 0.1) is 0 Å². The third-order valence-corrected chi connectivity index (χ3v) is 4.60. The fraction of sp³-hybridized carbons (Fsp3) is 0.762. The number of aromatic nitrogens is 2. The van der Waals surface area contributed by atoms with Crippen molar-refractivity contribution in [3.05, 3.63) is 18.7 Å². The van der Waals surface area contributed by atoms with Crippen molar-refractivity contribution in [1.29, 1.82) is 0 Å². The number of hydrogen-bond acceptors (Lipinski definition) is 4. The molecule has 0 atom stereocenters. The smallest absolute Gasteiger partial charge is 0.306 e. The van der Waals surface area contributed by atoms with Crippen molar-refractivity contribution in [2.45, 2.75) is 96.8 Å². The highest BCUT2D eigenvalue weighted by atomic mass is 16.5. The third-order valence-electron chi connectivity index (χ3n) is 4.60. The molecule has 5 heteroatoms. The minimum Gasteiger partial charge on any atom is -0.466 e. The maximum atomic E-state index is 11.7. The summed E-state index contributed by atoms with van der Waals surface area (Å²) in [5, 5.41) is 0. The van der Waals surface area contributed by atoms with Gasteiger partial charge < -0.3 is 4.74 Å². The second kappa shape index (κ2) is 15.6. The van der Waals surface area contributed by atoms with E-state index in [-0.39, 0.29) is 24.7 Å². The largest absolute Gasteiger partial charge is 0.466 e. The van der Waals surface area contributed by atoms with Gasteiger partial charge in [-0.25, -0.2) is 4.98 Å². The van der Waals surface area contributed by atoms with Gasteiger partial charge in [-0.15, -0.1) is 0 Å². The predicted octanol–water partition coefficient (Wildman–Crippen LogP) is 5.55. The van der Waals surface area contributed by atoms with Crippen molar-refractivity contribution in [3.8, 4) is 0 Å². The number of hydrogen-bond donors (Lipinski definition) is 0. The van der Waals surface area contributed by atoms with Crippen molar-refractivity contribution in [1.82, 2.24) is 9.55 Å². The molecule has 0 radical (unpaired) electrons. The molecule has 0 aliphatic rings. The van der Waals surface area contributed by atoms with Gasteiger partial charge in [0.25, 0.3) is 0 Å². The molecule has 0 aliphatic carbocycles. The van der Waals surface area contributed by atoms with Gasteiger partial charge in [-0.05, 0) is 6.42 Å². The Morgan fingerprint density at radius 1 is 0.846 bits per heavy atom. The molecule has 1 rings (SSSR count). The minimum absolute atomic E-state index is 0.134. The van der Waals surface area contributed by atoms with Crippen molar-refractivity contribution in [2.75, 3.05) is 6.61 Å². The molecule has 0 saturated carbocycles. The molecular formula is C21H36N2O3. The molecule has 0 bridgehead atoms. The first kappa shape index (κ1) is 22.4. The molecule has 0 amide bonds. The zero-order chi connectivity index (χ0) is 18.9. The maximum Gasteiger partial charge on any atom is 0.306 e. The Balaban J connectivity index is 1.82. The zero-order valence-corrected chi connectivity index (χ0v) is 16.5. The van der Waals surface area contributed by atoms with E-state index in [1.807, 2.05) is 0 Å². The van der Waals surface area contributed by atoms with Crippen LogP contribution in [0.4, 0.5) is 0 Å². The summed E-state index contributed by atoms with van der Waals surface area (Å²) in [6, 6.07) is 0. The van der Waals surface area contributed by atoms with E-state index in [1.54, 1.807) is 12.4 Å². The van der Waals surface area contributed by atoms with Gasteiger partial charge in [-0.2, -0.15) is 0 Å². The Kier molecular flexibility index (Phi) is 13.4. The third kappa shape index (κ3) is 11.8. The number of unbranched alkanes of at least 4 members (excludes halogenated alkanes) is 11. The Bertz CT molecular complexity index is 472. The maximum absolute atomic E-state index is 11.7. The highest BCUT2D eigenvalue weighted by molar-refractivity contribution is 5.82. The lowest BCUT2D eigenvalue weighted by atomic mass is 10.1. The van der Waals surface area contributed by atoms with Crippen molar-refractivity contribution < 1.29 is 14.3 Å². The summed E-state index contributed by atoms with van der Waals surface area (Å²) < 4.78 is 6.57. The fourth-order valence-corrected chi connectivity index (χ4v) is 2.95. The molecule has 1 aromatic rings. The number of esters is 1. The quantitative estimate of drug-likeness (QED) is 0.285. The molecule has 148 valence electrons. The van der Waals surface area contributed by atoms with E-state index in [1.165, 1.54) is 75.1 Å². The lowest BCUT2D eigenvalue weighted by Gasteiger charge is -2.05. The van der Waals surface area contributed by atoms with E-state index in [4.69, 9.17) is 4.74 Å². The molecule has 0 aliphatic heterocycles. The van der Waals surface area contributed by atoms with Gasteiger partial charge in [-0.3, -0.25) is 14.2 Å². The Morgan fingerprint density at radius 3 is 1.96 bits per heavy atom. The van der Waals surface area contributed by atoms with Gasteiger partial charge in [0.05, 0.1) is 13.0 Å². The standard InChI is InChI=1S/C21H36N2O3/c1-2-3-4-5-6-7-8-9-10-11-12-13-18-26-21(25)15-14-20(24)23-17-16-22-19-23/h16-17,19H,2-15,18H2,1H3. The van der Waals surface area contributed by atoms with Crippen LogP contribution in [0.2, 0.25) is 0 Å². The molecule has 5 nitrogen and oxygen atoms in total. The Morgan fingerprint density at radius 2 is 1.42 bits per heavy atom. The van der Waals surface area contributed by atoms with Crippen LogP contribution < -0.4 is 0 Å². The molecule has 0 spiro atoms. The van der Waals surface area contributed by atoms with Crippen LogP contribution in [0.5, 0.6) is 0 Å². The highest BCUT2D eigenvalue weighted by Gasteiger charge is 2.09. The van der Waals surface area contributed by atoms with Crippen LogP contribution in [0.1, 0.15) is 102 Å². The summed E-state index contributed by atoms with van der Waals surface area (Å²) in [6.07, 6.45) is 20.3. The number of carbonyl (C=O) groups is 2. The monoisotopic (exact) mass is 364 g/mol. The summed E-state index contributed by atoms with van der Waals surface area (Å²) >= 11 is 0. The SMILES string of the molecule is CCCCCCCCCCCCCCOC(=O)CCC(=O)n1ccnc1. The number of imidazole rings is 1. The summed E-state index contributed by atoms with van der Waals surface area (Å²) in [4.78, 5) is 27.1. The second-order valence-electron chi connectivity index (χ2n) is 6.97. The number of carbonyl (C=O) groups excluding carboxylic acids is 2. The molecular weight excluding hydrogens is 328 g/mol. The van der Waals surface area contributed by atoms with Crippen molar-refractivity contribution in [3.63, 3.8) is 0 Å². The van der Waals surface area contributed by atoms with Crippen molar-refractivity contribution >= 4 is 11.9 Å². The first-order chi connectivity index (χ1) is 12.7. The van der Waals surface area contributed by atoms with Gasteiger partial charge in [0.15, 0.2) is 0 Å². The summed E-state index contributed by atoms with van der Waals surface area (Å²) in [5.74, 6) is -0.425. The minimum atomic E-state index is -0.290. The Labute approximate surface area is 158 Å². The lowest BCUT2D eigenvalue weighted by molar-refractivity contribution is -0.143. The number of rotatable bonds is 16. The highest BCUT2D eigenvalue weighted by Crippen LogP contribution is 2.12. The molecule has 0 unspecified atom stereocenters. The molecule has 1 aromatic heterocycles.